The zero-order chi connectivity index (χ0) is 16.8. The number of benzene rings is 2. The Morgan fingerprint density at radius 3 is 2.29 bits per heavy atom. The fraction of sp³-hybridized carbons (Fsp3) is 0.350. The van der Waals surface area contributed by atoms with Gasteiger partial charge in [0, 0.05) is 36.9 Å². The van der Waals surface area contributed by atoms with Crippen LogP contribution in [-0.2, 0) is 4.79 Å². The van der Waals surface area contributed by atoms with E-state index in [0.29, 0.717) is 6.42 Å². The van der Waals surface area contributed by atoms with Crippen molar-refractivity contribution in [2.45, 2.75) is 12.3 Å². The summed E-state index contributed by atoms with van der Waals surface area (Å²) in [5, 5.41) is 0. The number of nitrogens with zero attached hydrogens (tertiary/aromatic N) is 1. The molecule has 0 unspecified atom stereocenters. The molecule has 1 amide bonds. The Morgan fingerprint density at radius 1 is 1.04 bits per heavy atom. The predicted octanol–water partition coefficient (Wildman–Crippen LogP) is 3.79. The Balaban J connectivity index is 1.83. The first-order valence-electron chi connectivity index (χ1n) is 8.32. The minimum Gasteiger partial charge on any atom is -0.497 e. The molecule has 1 saturated heterocycles. The SMILES string of the molecule is COc1ccc([C@H](CC(=O)N2CCSCC2)c2ccccc2)cc1. The van der Waals surface area contributed by atoms with Crippen molar-refractivity contribution in [1.82, 2.24) is 4.90 Å². The lowest BCUT2D eigenvalue weighted by molar-refractivity contribution is -0.131. The summed E-state index contributed by atoms with van der Waals surface area (Å²) >= 11 is 1.92. The third kappa shape index (κ3) is 4.12. The van der Waals surface area contributed by atoms with Gasteiger partial charge in [-0.05, 0) is 23.3 Å². The quantitative estimate of drug-likeness (QED) is 0.829. The van der Waals surface area contributed by atoms with E-state index in [9.17, 15) is 4.79 Å². The Hall–Kier alpha value is -1.94. The van der Waals surface area contributed by atoms with Crippen LogP contribution in [0.25, 0.3) is 0 Å². The van der Waals surface area contributed by atoms with Crippen molar-refractivity contribution >= 4 is 17.7 Å². The van der Waals surface area contributed by atoms with Crippen molar-refractivity contribution in [2.75, 3.05) is 31.7 Å². The van der Waals surface area contributed by atoms with Crippen LogP contribution in [0.2, 0.25) is 0 Å². The van der Waals surface area contributed by atoms with Gasteiger partial charge in [0.05, 0.1) is 7.11 Å². The van der Waals surface area contributed by atoms with E-state index in [-0.39, 0.29) is 11.8 Å². The molecule has 3 rings (SSSR count). The Bertz CT molecular complexity index is 651. The molecular weight excluding hydrogens is 318 g/mol. The lowest BCUT2D eigenvalue weighted by Crippen LogP contribution is -2.38. The maximum Gasteiger partial charge on any atom is 0.223 e. The summed E-state index contributed by atoms with van der Waals surface area (Å²) in [5.74, 6) is 3.26. The molecule has 0 aliphatic carbocycles. The molecule has 2 aromatic carbocycles. The van der Waals surface area contributed by atoms with Crippen LogP contribution < -0.4 is 4.74 Å². The molecule has 126 valence electrons. The summed E-state index contributed by atoms with van der Waals surface area (Å²) < 4.78 is 5.25. The van der Waals surface area contributed by atoms with Crippen molar-refractivity contribution in [1.29, 1.82) is 0 Å². The van der Waals surface area contributed by atoms with Crippen LogP contribution in [0.3, 0.4) is 0 Å². The monoisotopic (exact) mass is 341 g/mol. The summed E-state index contributed by atoms with van der Waals surface area (Å²) in [4.78, 5) is 14.8. The fourth-order valence-electron chi connectivity index (χ4n) is 3.07. The highest BCUT2D eigenvalue weighted by Crippen LogP contribution is 2.30. The minimum atomic E-state index is 0.0826. The molecule has 0 aromatic heterocycles. The van der Waals surface area contributed by atoms with E-state index in [1.165, 1.54) is 5.56 Å². The van der Waals surface area contributed by atoms with E-state index in [1.54, 1.807) is 7.11 Å². The van der Waals surface area contributed by atoms with Crippen molar-refractivity contribution in [2.24, 2.45) is 0 Å². The van der Waals surface area contributed by atoms with Gasteiger partial charge >= 0.3 is 0 Å². The zero-order valence-corrected chi connectivity index (χ0v) is 14.8. The maximum absolute atomic E-state index is 12.8. The van der Waals surface area contributed by atoms with Gasteiger partial charge in [-0.3, -0.25) is 4.79 Å². The molecule has 0 saturated carbocycles. The number of rotatable bonds is 5. The van der Waals surface area contributed by atoms with Gasteiger partial charge in [0.15, 0.2) is 0 Å². The van der Waals surface area contributed by atoms with Gasteiger partial charge in [-0.2, -0.15) is 11.8 Å². The highest BCUT2D eigenvalue weighted by Gasteiger charge is 2.23. The number of methoxy groups -OCH3 is 1. The van der Waals surface area contributed by atoms with Crippen LogP contribution in [-0.4, -0.2) is 42.5 Å². The summed E-state index contributed by atoms with van der Waals surface area (Å²) in [5.41, 5.74) is 2.34. The third-order valence-electron chi connectivity index (χ3n) is 4.46. The normalized spacial score (nSPS) is 15.8. The van der Waals surface area contributed by atoms with Crippen molar-refractivity contribution in [3.63, 3.8) is 0 Å². The molecule has 4 heteroatoms. The van der Waals surface area contributed by atoms with E-state index in [4.69, 9.17) is 4.74 Å². The second kappa shape index (κ2) is 8.25. The molecular formula is C20H23NO2S. The average molecular weight is 341 g/mol. The van der Waals surface area contributed by atoms with Gasteiger partial charge in [0.1, 0.15) is 5.75 Å². The molecule has 1 fully saturated rings. The lowest BCUT2D eigenvalue weighted by atomic mass is 9.88. The van der Waals surface area contributed by atoms with Crippen LogP contribution in [0.5, 0.6) is 5.75 Å². The van der Waals surface area contributed by atoms with Crippen LogP contribution in [0.15, 0.2) is 54.6 Å². The van der Waals surface area contributed by atoms with Gasteiger partial charge in [0.25, 0.3) is 0 Å². The molecule has 1 atom stereocenters. The topological polar surface area (TPSA) is 29.5 Å². The first kappa shape index (κ1) is 16.9. The number of ether oxygens (including phenoxy) is 1. The van der Waals surface area contributed by atoms with E-state index in [1.807, 2.05) is 47.0 Å². The molecule has 3 nitrogen and oxygen atoms in total. The number of hydrogen-bond acceptors (Lipinski definition) is 3. The summed E-state index contributed by atoms with van der Waals surface area (Å²) in [7, 11) is 1.67. The molecule has 1 heterocycles. The molecule has 0 N–H and O–H groups in total. The molecule has 1 aliphatic heterocycles. The zero-order valence-electron chi connectivity index (χ0n) is 14.0. The average Bonchev–Trinajstić information content (AvgIpc) is 2.67. The first-order chi connectivity index (χ1) is 11.8. The smallest absolute Gasteiger partial charge is 0.223 e. The lowest BCUT2D eigenvalue weighted by Gasteiger charge is -2.28. The van der Waals surface area contributed by atoms with Gasteiger partial charge < -0.3 is 9.64 Å². The van der Waals surface area contributed by atoms with E-state index in [0.717, 1.165) is 35.9 Å². The first-order valence-corrected chi connectivity index (χ1v) is 9.48. The number of amides is 1. The van der Waals surface area contributed by atoms with E-state index >= 15 is 0 Å². The van der Waals surface area contributed by atoms with E-state index in [2.05, 4.69) is 24.3 Å². The molecule has 2 aromatic rings. The number of hydrogen-bond donors (Lipinski definition) is 0. The van der Waals surface area contributed by atoms with Gasteiger partial charge in [-0.1, -0.05) is 42.5 Å². The minimum absolute atomic E-state index is 0.0826. The van der Waals surface area contributed by atoms with Crippen LogP contribution in [0.4, 0.5) is 0 Å². The van der Waals surface area contributed by atoms with Gasteiger partial charge in [-0.15, -0.1) is 0 Å². The van der Waals surface area contributed by atoms with Crippen molar-refractivity contribution in [3.05, 3.63) is 65.7 Å². The van der Waals surface area contributed by atoms with E-state index < -0.39 is 0 Å². The second-order valence-electron chi connectivity index (χ2n) is 5.93. The Kier molecular flexibility index (Phi) is 5.81. The predicted molar refractivity (Wildman–Crippen MR) is 99.8 cm³/mol. The highest BCUT2D eigenvalue weighted by molar-refractivity contribution is 7.99. The molecule has 1 aliphatic rings. The maximum atomic E-state index is 12.8. The standard InChI is InChI=1S/C20H23NO2S/c1-23-18-9-7-17(8-10-18)19(16-5-3-2-4-6-16)15-20(22)21-11-13-24-14-12-21/h2-10,19H,11-15H2,1H3/t19-/m1/s1. The summed E-state index contributed by atoms with van der Waals surface area (Å²) in [6.45, 7) is 1.74. The molecule has 0 radical (unpaired) electrons. The molecule has 0 spiro atoms. The van der Waals surface area contributed by atoms with Crippen LogP contribution >= 0.6 is 11.8 Å². The van der Waals surface area contributed by atoms with Gasteiger partial charge in [0.2, 0.25) is 5.91 Å². The number of carbonyl (C=O) groups excluding carboxylic acids is 1. The second-order valence-corrected chi connectivity index (χ2v) is 7.16. The van der Waals surface area contributed by atoms with Crippen LogP contribution in [0, 0.1) is 0 Å². The third-order valence-corrected chi connectivity index (χ3v) is 5.41. The summed E-state index contributed by atoms with van der Waals surface area (Å²) in [6.07, 6.45) is 0.515. The number of carbonyl (C=O) groups is 1. The molecule has 0 bridgehead atoms. The Morgan fingerprint density at radius 2 is 1.67 bits per heavy atom. The summed E-state index contributed by atoms with van der Waals surface area (Å²) in [6, 6.07) is 18.4. The largest absolute Gasteiger partial charge is 0.497 e. The van der Waals surface area contributed by atoms with Crippen molar-refractivity contribution < 1.29 is 9.53 Å². The Labute approximate surface area is 148 Å². The fourth-order valence-corrected chi connectivity index (χ4v) is 3.97. The van der Waals surface area contributed by atoms with Crippen LogP contribution in [0.1, 0.15) is 23.5 Å². The molecule has 24 heavy (non-hydrogen) atoms. The van der Waals surface area contributed by atoms with Gasteiger partial charge in [-0.25, -0.2) is 0 Å². The van der Waals surface area contributed by atoms with Crippen molar-refractivity contribution in [3.8, 4) is 5.75 Å². The highest BCUT2D eigenvalue weighted by atomic mass is 32.2. The number of thioether (sulfide) groups is 1.